The van der Waals surface area contributed by atoms with Crippen molar-refractivity contribution < 1.29 is 19.1 Å². The molecule has 0 aromatic carbocycles. The SMILES string of the molecule is CC(=O)OCC(S)C(S)COC(C)=O. The van der Waals surface area contributed by atoms with Crippen LogP contribution in [0.1, 0.15) is 13.8 Å². The fraction of sp³-hybridized carbons (Fsp3) is 0.750. The molecule has 0 heterocycles. The van der Waals surface area contributed by atoms with Crippen LogP contribution in [0.4, 0.5) is 0 Å². The third-order valence-electron chi connectivity index (χ3n) is 1.36. The molecule has 82 valence electrons. The highest BCUT2D eigenvalue weighted by molar-refractivity contribution is 7.85. The van der Waals surface area contributed by atoms with E-state index >= 15 is 0 Å². The van der Waals surface area contributed by atoms with Gasteiger partial charge in [0.2, 0.25) is 0 Å². The Morgan fingerprint density at radius 3 is 1.50 bits per heavy atom. The van der Waals surface area contributed by atoms with Gasteiger partial charge in [-0.05, 0) is 0 Å². The minimum absolute atomic E-state index is 0.161. The second-order valence-electron chi connectivity index (χ2n) is 2.74. The van der Waals surface area contributed by atoms with Gasteiger partial charge in [0.15, 0.2) is 0 Å². The van der Waals surface area contributed by atoms with Crippen LogP contribution >= 0.6 is 25.3 Å². The van der Waals surface area contributed by atoms with Crippen LogP contribution in [0.15, 0.2) is 0 Å². The molecule has 0 aliphatic heterocycles. The molecule has 0 bridgehead atoms. The molecule has 0 rings (SSSR count). The van der Waals surface area contributed by atoms with E-state index in [9.17, 15) is 9.59 Å². The van der Waals surface area contributed by atoms with Gasteiger partial charge >= 0.3 is 11.9 Å². The lowest BCUT2D eigenvalue weighted by Crippen LogP contribution is -2.27. The number of ether oxygens (including phenoxy) is 2. The van der Waals surface area contributed by atoms with E-state index in [1.807, 2.05) is 0 Å². The highest BCUT2D eigenvalue weighted by atomic mass is 32.1. The van der Waals surface area contributed by atoms with Crippen molar-refractivity contribution in [2.75, 3.05) is 13.2 Å². The molecule has 0 amide bonds. The molecule has 14 heavy (non-hydrogen) atoms. The van der Waals surface area contributed by atoms with Crippen LogP contribution in [-0.2, 0) is 19.1 Å². The van der Waals surface area contributed by atoms with Gasteiger partial charge in [0.05, 0.1) is 10.5 Å². The lowest BCUT2D eigenvalue weighted by atomic mass is 10.3. The van der Waals surface area contributed by atoms with E-state index in [4.69, 9.17) is 9.47 Å². The Balaban J connectivity index is 3.69. The lowest BCUT2D eigenvalue weighted by molar-refractivity contribution is -0.143. The second-order valence-corrected chi connectivity index (χ2v) is 4.07. The summed E-state index contributed by atoms with van der Waals surface area (Å²) in [6, 6.07) is 0. The molecular weight excluding hydrogens is 224 g/mol. The summed E-state index contributed by atoms with van der Waals surface area (Å²) in [5, 5.41) is -0.497. The summed E-state index contributed by atoms with van der Waals surface area (Å²) in [6.07, 6.45) is 0. The highest BCUT2D eigenvalue weighted by Crippen LogP contribution is 2.10. The molecular formula is C8H14O4S2. The molecule has 2 unspecified atom stereocenters. The maximum absolute atomic E-state index is 10.5. The van der Waals surface area contributed by atoms with Crippen LogP contribution in [0, 0.1) is 0 Å². The standard InChI is InChI=1S/C8H14O4S2/c1-5(9)11-3-7(13)8(14)4-12-6(2)10/h7-8,13-14H,3-4H2,1-2H3. The summed E-state index contributed by atoms with van der Waals surface area (Å²) in [7, 11) is 0. The topological polar surface area (TPSA) is 52.6 Å². The first-order valence-electron chi connectivity index (χ1n) is 4.06. The van der Waals surface area contributed by atoms with Gasteiger partial charge in [0.1, 0.15) is 13.2 Å². The van der Waals surface area contributed by atoms with E-state index in [0.29, 0.717) is 0 Å². The van der Waals surface area contributed by atoms with Gasteiger partial charge in [-0.3, -0.25) is 9.59 Å². The zero-order chi connectivity index (χ0) is 11.1. The van der Waals surface area contributed by atoms with E-state index in [-0.39, 0.29) is 35.7 Å². The van der Waals surface area contributed by atoms with E-state index in [1.165, 1.54) is 13.8 Å². The van der Waals surface area contributed by atoms with Crippen LogP contribution < -0.4 is 0 Å². The summed E-state index contributed by atoms with van der Waals surface area (Å²) in [5.41, 5.74) is 0. The molecule has 0 saturated heterocycles. The number of hydrogen-bond acceptors (Lipinski definition) is 6. The molecule has 0 aromatic heterocycles. The fourth-order valence-corrected chi connectivity index (χ4v) is 0.949. The Kier molecular flexibility index (Phi) is 6.82. The maximum atomic E-state index is 10.5. The zero-order valence-electron chi connectivity index (χ0n) is 8.10. The van der Waals surface area contributed by atoms with Crippen LogP contribution in [-0.4, -0.2) is 35.7 Å². The molecule has 0 radical (unpaired) electrons. The van der Waals surface area contributed by atoms with Crippen LogP contribution in [0.2, 0.25) is 0 Å². The number of carbonyl (C=O) groups excluding carboxylic acids is 2. The predicted molar refractivity (Wildman–Crippen MR) is 58.8 cm³/mol. The molecule has 0 N–H and O–H groups in total. The van der Waals surface area contributed by atoms with Crippen molar-refractivity contribution in [1.82, 2.24) is 0 Å². The monoisotopic (exact) mass is 238 g/mol. The summed E-state index contributed by atoms with van der Waals surface area (Å²) in [5.74, 6) is -0.728. The van der Waals surface area contributed by atoms with Crippen LogP contribution in [0.5, 0.6) is 0 Å². The van der Waals surface area contributed by atoms with Gasteiger partial charge < -0.3 is 9.47 Å². The van der Waals surface area contributed by atoms with Gasteiger partial charge in [-0.1, -0.05) is 0 Å². The van der Waals surface area contributed by atoms with Gasteiger partial charge in [0, 0.05) is 13.8 Å². The van der Waals surface area contributed by atoms with Crippen molar-refractivity contribution in [3.8, 4) is 0 Å². The third kappa shape index (κ3) is 7.08. The summed E-state index contributed by atoms with van der Waals surface area (Å²) in [4.78, 5) is 20.9. The number of rotatable bonds is 5. The molecule has 6 heteroatoms. The van der Waals surface area contributed by atoms with Gasteiger partial charge in [-0.25, -0.2) is 0 Å². The molecule has 0 saturated carbocycles. The molecule has 0 aromatic rings. The number of carbonyl (C=O) groups is 2. The minimum atomic E-state index is -0.364. The Morgan fingerprint density at radius 1 is 1.00 bits per heavy atom. The van der Waals surface area contributed by atoms with Crippen molar-refractivity contribution in [2.24, 2.45) is 0 Å². The molecule has 0 aliphatic carbocycles. The van der Waals surface area contributed by atoms with Crippen LogP contribution in [0.25, 0.3) is 0 Å². The van der Waals surface area contributed by atoms with E-state index < -0.39 is 0 Å². The first-order valence-corrected chi connectivity index (χ1v) is 5.09. The third-order valence-corrected chi connectivity index (χ3v) is 2.61. The van der Waals surface area contributed by atoms with Gasteiger partial charge in [-0.2, -0.15) is 25.3 Å². The van der Waals surface area contributed by atoms with Crippen molar-refractivity contribution in [1.29, 1.82) is 0 Å². The largest absolute Gasteiger partial charge is 0.465 e. The Labute approximate surface area is 94.2 Å². The predicted octanol–water partition coefficient (Wildman–Crippen LogP) is 0.709. The normalized spacial score (nSPS) is 14.3. The van der Waals surface area contributed by atoms with Gasteiger partial charge in [-0.15, -0.1) is 0 Å². The average molecular weight is 238 g/mol. The molecule has 4 nitrogen and oxygen atoms in total. The summed E-state index contributed by atoms with van der Waals surface area (Å²) < 4.78 is 9.45. The minimum Gasteiger partial charge on any atom is -0.465 e. The maximum Gasteiger partial charge on any atom is 0.302 e. The molecule has 0 fully saturated rings. The summed E-state index contributed by atoms with van der Waals surface area (Å²) >= 11 is 8.31. The molecule has 2 atom stereocenters. The van der Waals surface area contributed by atoms with E-state index in [0.717, 1.165) is 0 Å². The number of thiol groups is 2. The number of hydrogen-bond donors (Lipinski definition) is 2. The fourth-order valence-electron chi connectivity index (χ4n) is 0.628. The Hall–Kier alpha value is -0.360. The van der Waals surface area contributed by atoms with Crippen LogP contribution in [0.3, 0.4) is 0 Å². The lowest BCUT2D eigenvalue weighted by Gasteiger charge is -2.17. The van der Waals surface area contributed by atoms with Crippen molar-refractivity contribution in [2.45, 2.75) is 24.3 Å². The Morgan fingerprint density at radius 2 is 1.29 bits per heavy atom. The van der Waals surface area contributed by atoms with E-state index in [2.05, 4.69) is 25.3 Å². The smallest absolute Gasteiger partial charge is 0.302 e. The quantitative estimate of drug-likeness (QED) is 0.547. The first kappa shape index (κ1) is 13.6. The first-order chi connectivity index (χ1) is 6.43. The molecule has 0 spiro atoms. The highest BCUT2D eigenvalue weighted by Gasteiger charge is 2.16. The van der Waals surface area contributed by atoms with Gasteiger partial charge in [0.25, 0.3) is 0 Å². The Bertz CT molecular complexity index is 186. The van der Waals surface area contributed by atoms with Crippen molar-refractivity contribution >= 4 is 37.2 Å². The van der Waals surface area contributed by atoms with Crippen molar-refractivity contribution in [3.05, 3.63) is 0 Å². The second kappa shape index (κ2) is 7.00. The zero-order valence-corrected chi connectivity index (χ0v) is 9.89. The number of esters is 2. The molecule has 0 aliphatic rings. The van der Waals surface area contributed by atoms with Crippen molar-refractivity contribution in [3.63, 3.8) is 0 Å². The summed E-state index contributed by atoms with van der Waals surface area (Å²) in [6.45, 7) is 2.96. The van der Waals surface area contributed by atoms with E-state index in [1.54, 1.807) is 0 Å². The average Bonchev–Trinajstić information content (AvgIpc) is 2.09.